The van der Waals surface area contributed by atoms with Gasteiger partial charge in [-0.25, -0.2) is 0 Å². The number of rotatable bonds is 5. The van der Waals surface area contributed by atoms with Crippen LogP contribution in [0.25, 0.3) is 11.3 Å². The maximum atomic E-state index is 13.0. The molecule has 29 heavy (non-hydrogen) atoms. The second kappa shape index (κ2) is 6.70. The molecule has 1 amide bonds. The number of carbonyl (C=O) groups excluding carboxylic acids is 1. The number of halogens is 1. The predicted octanol–water partition coefficient (Wildman–Crippen LogP) is 4.40. The first kappa shape index (κ1) is 17.9. The molecule has 2 aromatic carbocycles. The lowest BCUT2D eigenvalue weighted by atomic mass is 10.00. The molecule has 0 spiro atoms. The fourth-order valence-corrected chi connectivity index (χ4v) is 3.66. The number of carbonyl (C=O) groups is 1. The van der Waals surface area contributed by atoms with Gasteiger partial charge >= 0.3 is 0 Å². The molecule has 0 bridgehead atoms. The molecule has 5 rings (SSSR count). The summed E-state index contributed by atoms with van der Waals surface area (Å²) in [4.78, 5) is 13.0. The highest BCUT2D eigenvalue weighted by Crippen LogP contribution is 2.49. The Bertz CT molecular complexity index is 1110. The molecule has 0 saturated heterocycles. The van der Waals surface area contributed by atoms with Gasteiger partial charge in [-0.1, -0.05) is 16.8 Å². The van der Waals surface area contributed by atoms with Crippen molar-refractivity contribution < 1.29 is 23.5 Å². The van der Waals surface area contributed by atoms with Gasteiger partial charge in [-0.05, 0) is 49.2 Å². The molecular weight excluding hydrogens is 396 g/mol. The van der Waals surface area contributed by atoms with Gasteiger partial charge in [0.25, 0.3) is 0 Å². The molecule has 3 aromatic rings. The number of hydrogen-bond acceptors (Lipinski definition) is 6. The van der Waals surface area contributed by atoms with Crippen LogP contribution in [0.2, 0.25) is 5.02 Å². The van der Waals surface area contributed by atoms with E-state index in [9.17, 15) is 4.79 Å². The number of benzene rings is 2. The summed E-state index contributed by atoms with van der Waals surface area (Å²) < 4.78 is 21.4. The van der Waals surface area contributed by atoms with Crippen molar-refractivity contribution in [3.63, 3.8) is 0 Å². The number of fused-ring (bicyclic) bond motifs is 1. The van der Waals surface area contributed by atoms with E-state index >= 15 is 0 Å². The van der Waals surface area contributed by atoms with E-state index in [1.54, 1.807) is 25.3 Å². The second-order valence-corrected chi connectivity index (χ2v) is 7.44. The third-order valence-corrected chi connectivity index (χ3v) is 5.55. The zero-order valence-electron chi connectivity index (χ0n) is 15.5. The Hall–Kier alpha value is -3.19. The first-order valence-corrected chi connectivity index (χ1v) is 9.49. The lowest BCUT2D eigenvalue weighted by molar-refractivity contribution is -0.118. The Balaban J connectivity index is 1.37. The van der Waals surface area contributed by atoms with Gasteiger partial charge in [0.1, 0.15) is 5.75 Å². The maximum Gasteiger partial charge on any atom is 0.236 e. The van der Waals surface area contributed by atoms with E-state index in [-0.39, 0.29) is 12.7 Å². The van der Waals surface area contributed by atoms with Gasteiger partial charge in [0.2, 0.25) is 12.7 Å². The first-order valence-electron chi connectivity index (χ1n) is 9.11. The molecule has 1 saturated carbocycles. The van der Waals surface area contributed by atoms with Crippen molar-refractivity contribution in [2.75, 3.05) is 19.2 Å². The van der Waals surface area contributed by atoms with Crippen LogP contribution in [0.4, 0.5) is 5.69 Å². The highest BCUT2D eigenvalue weighted by molar-refractivity contribution is 6.32. The number of aromatic nitrogens is 1. The van der Waals surface area contributed by atoms with Crippen molar-refractivity contribution in [2.45, 2.75) is 18.3 Å². The lowest BCUT2D eigenvalue weighted by Crippen LogP contribution is -2.28. The third-order valence-electron chi connectivity index (χ3n) is 5.25. The van der Waals surface area contributed by atoms with Gasteiger partial charge in [-0.15, -0.1) is 0 Å². The zero-order chi connectivity index (χ0) is 20.0. The highest BCUT2D eigenvalue weighted by atomic mass is 35.5. The standard InChI is InChI=1S/C21H17ClN2O5/c1-26-15-5-3-13(9-14(15)22)23-20(25)21(6-7-21)19-10-17(29-24-19)12-2-4-16-18(8-12)28-11-27-16/h2-5,8-10H,6-7,11H2,1H3,(H,23,25). The highest BCUT2D eigenvalue weighted by Gasteiger charge is 2.53. The monoisotopic (exact) mass is 412 g/mol. The number of nitrogens with zero attached hydrogens (tertiary/aromatic N) is 1. The number of hydrogen-bond donors (Lipinski definition) is 1. The average molecular weight is 413 g/mol. The molecule has 1 N–H and O–H groups in total. The Labute approximate surface area is 171 Å². The number of amides is 1. The van der Waals surface area contributed by atoms with Gasteiger partial charge in [-0.3, -0.25) is 4.79 Å². The minimum atomic E-state index is -0.690. The fraction of sp³-hybridized carbons (Fsp3) is 0.238. The fourth-order valence-electron chi connectivity index (χ4n) is 3.41. The number of nitrogens with one attached hydrogen (secondary N) is 1. The lowest BCUT2D eigenvalue weighted by Gasteiger charge is -2.13. The Morgan fingerprint density at radius 3 is 2.72 bits per heavy atom. The van der Waals surface area contributed by atoms with E-state index in [0.29, 0.717) is 52.3 Å². The second-order valence-electron chi connectivity index (χ2n) is 7.03. The van der Waals surface area contributed by atoms with Gasteiger partial charge in [-0.2, -0.15) is 0 Å². The molecule has 148 valence electrons. The van der Waals surface area contributed by atoms with E-state index in [0.717, 1.165) is 5.56 Å². The molecule has 1 fully saturated rings. The predicted molar refractivity (Wildman–Crippen MR) is 106 cm³/mol. The summed E-state index contributed by atoms with van der Waals surface area (Å²) in [6.07, 6.45) is 1.41. The van der Waals surface area contributed by atoms with Crippen molar-refractivity contribution >= 4 is 23.2 Å². The molecule has 7 nitrogen and oxygen atoms in total. The average Bonchev–Trinajstić information content (AvgIpc) is 3.16. The summed E-state index contributed by atoms with van der Waals surface area (Å²) in [5, 5.41) is 7.53. The van der Waals surface area contributed by atoms with Crippen molar-refractivity contribution in [1.29, 1.82) is 0 Å². The first-order chi connectivity index (χ1) is 14.1. The minimum Gasteiger partial charge on any atom is -0.495 e. The zero-order valence-corrected chi connectivity index (χ0v) is 16.3. The summed E-state index contributed by atoms with van der Waals surface area (Å²) in [6, 6.07) is 12.5. The van der Waals surface area contributed by atoms with Crippen LogP contribution in [0.3, 0.4) is 0 Å². The smallest absolute Gasteiger partial charge is 0.236 e. The number of ether oxygens (including phenoxy) is 3. The van der Waals surface area contributed by atoms with Crippen LogP contribution in [-0.2, 0) is 10.2 Å². The van der Waals surface area contributed by atoms with Gasteiger partial charge in [0.15, 0.2) is 17.3 Å². The molecule has 1 aliphatic carbocycles. The third kappa shape index (κ3) is 3.07. The summed E-state index contributed by atoms with van der Waals surface area (Å²) >= 11 is 6.15. The van der Waals surface area contributed by atoms with E-state index < -0.39 is 5.41 Å². The van der Waals surface area contributed by atoms with Crippen LogP contribution >= 0.6 is 11.6 Å². The molecule has 8 heteroatoms. The topological polar surface area (TPSA) is 82.8 Å². The number of anilines is 1. The van der Waals surface area contributed by atoms with Gasteiger partial charge < -0.3 is 24.1 Å². The van der Waals surface area contributed by atoms with Crippen LogP contribution in [0, 0.1) is 0 Å². The molecule has 2 aliphatic rings. The van der Waals surface area contributed by atoms with E-state index in [1.807, 2.05) is 24.3 Å². The largest absolute Gasteiger partial charge is 0.495 e. The van der Waals surface area contributed by atoms with Gasteiger partial charge in [0.05, 0.1) is 23.2 Å². The maximum absolute atomic E-state index is 13.0. The van der Waals surface area contributed by atoms with Crippen molar-refractivity contribution in [3.8, 4) is 28.6 Å². The van der Waals surface area contributed by atoms with Crippen molar-refractivity contribution in [3.05, 3.63) is 53.2 Å². The summed E-state index contributed by atoms with van der Waals surface area (Å²) in [7, 11) is 1.54. The Kier molecular flexibility index (Phi) is 4.13. The van der Waals surface area contributed by atoms with Crippen molar-refractivity contribution in [2.24, 2.45) is 0 Å². The van der Waals surface area contributed by atoms with Crippen molar-refractivity contribution in [1.82, 2.24) is 5.16 Å². The summed E-state index contributed by atoms with van der Waals surface area (Å²) in [5.41, 5.74) is 1.34. The van der Waals surface area contributed by atoms with E-state index in [4.69, 9.17) is 30.3 Å². The van der Waals surface area contributed by atoms with Crippen LogP contribution < -0.4 is 19.5 Å². The van der Waals surface area contributed by atoms with E-state index in [2.05, 4.69) is 10.5 Å². The summed E-state index contributed by atoms with van der Waals surface area (Å²) in [6.45, 7) is 0.207. The quantitative estimate of drug-likeness (QED) is 0.668. The molecular formula is C21H17ClN2O5. The molecule has 0 radical (unpaired) electrons. The molecule has 2 heterocycles. The van der Waals surface area contributed by atoms with Gasteiger partial charge in [0, 0.05) is 17.3 Å². The molecule has 1 aromatic heterocycles. The van der Waals surface area contributed by atoms with Crippen LogP contribution in [0.15, 0.2) is 47.0 Å². The van der Waals surface area contributed by atoms with Crippen LogP contribution in [0.5, 0.6) is 17.2 Å². The SMILES string of the molecule is COc1ccc(NC(=O)C2(c3cc(-c4ccc5c(c4)OCO5)on3)CC2)cc1Cl. The van der Waals surface area contributed by atoms with Crippen LogP contribution in [-0.4, -0.2) is 25.0 Å². The molecule has 1 aliphatic heterocycles. The Morgan fingerprint density at radius 2 is 1.97 bits per heavy atom. The molecule has 0 unspecified atom stereocenters. The Morgan fingerprint density at radius 1 is 1.14 bits per heavy atom. The minimum absolute atomic E-state index is 0.135. The van der Waals surface area contributed by atoms with Crippen LogP contribution in [0.1, 0.15) is 18.5 Å². The normalized spacial score (nSPS) is 15.8. The summed E-state index contributed by atoms with van der Waals surface area (Å²) in [5.74, 6) is 2.35. The number of methoxy groups -OCH3 is 1. The molecule has 0 atom stereocenters. The van der Waals surface area contributed by atoms with E-state index in [1.165, 1.54) is 0 Å².